The van der Waals surface area contributed by atoms with Crippen molar-refractivity contribution in [2.75, 3.05) is 13.2 Å². The summed E-state index contributed by atoms with van der Waals surface area (Å²) < 4.78 is 17.7. The summed E-state index contributed by atoms with van der Waals surface area (Å²) in [5, 5.41) is 57.2. The quantitative estimate of drug-likeness (QED) is 0.0195. The van der Waals surface area contributed by atoms with E-state index in [1.165, 1.54) is 270 Å². The van der Waals surface area contributed by atoms with E-state index >= 15 is 0 Å². The van der Waals surface area contributed by atoms with Crippen LogP contribution in [-0.4, -0.2) is 99.6 Å². The van der Waals surface area contributed by atoms with Crippen LogP contribution in [-0.2, 0) is 23.8 Å². The SMILES string of the molecule is CCCCCCCC/C=C/CCCCCCCCCCCCC(O)C(=O)NC(COC1OC(CO)C(O)C(O)C1OC(=O)CCCCCCCCCCCCCCCCCCCCCCCCCCC)C(O)/C=C/CCCCCCCCCCC. The zero-order chi connectivity index (χ0) is 61.7. The Balaban J connectivity index is 2.51. The van der Waals surface area contributed by atoms with Crippen molar-refractivity contribution in [2.45, 2.75) is 423 Å². The average molecular weight is 1200 g/mol. The van der Waals surface area contributed by atoms with Crippen LogP contribution in [0.4, 0.5) is 0 Å². The Morgan fingerprint density at radius 3 is 1.14 bits per heavy atom. The summed E-state index contributed by atoms with van der Waals surface area (Å²) >= 11 is 0. The summed E-state index contributed by atoms with van der Waals surface area (Å²) in [6.07, 6.45) is 65.2. The van der Waals surface area contributed by atoms with E-state index in [4.69, 9.17) is 14.2 Å². The van der Waals surface area contributed by atoms with E-state index in [9.17, 15) is 35.1 Å². The molecule has 0 aliphatic carbocycles. The number of nitrogens with one attached hydrogen (secondary N) is 1. The molecule has 1 aliphatic rings. The molecule has 11 nitrogen and oxygen atoms in total. The van der Waals surface area contributed by atoms with Crippen LogP contribution in [0.3, 0.4) is 0 Å². The number of aliphatic hydroxyl groups is 5. The Hall–Kier alpha value is -1.86. The monoisotopic (exact) mass is 1200 g/mol. The highest BCUT2D eigenvalue weighted by Crippen LogP contribution is 2.27. The number of carbonyl (C=O) groups excluding carboxylic acids is 2. The number of unbranched alkanes of at least 4 members (excludes halogenated alkanes) is 49. The number of aliphatic hydroxyl groups excluding tert-OH is 5. The normalized spacial score (nSPS) is 18.4. The lowest BCUT2D eigenvalue weighted by molar-refractivity contribution is -0.305. The number of hydrogen-bond acceptors (Lipinski definition) is 10. The molecule has 1 heterocycles. The van der Waals surface area contributed by atoms with Crippen molar-refractivity contribution in [3.8, 4) is 0 Å². The van der Waals surface area contributed by atoms with Crippen molar-refractivity contribution < 1.29 is 49.3 Å². The van der Waals surface area contributed by atoms with Crippen molar-refractivity contribution >= 4 is 11.9 Å². The van der Waals surface area contributed by atoms with Gasteiger partial charge in [0, 0.05) is 6.42 Å². The molecule has 502 valence electrons. The number of carbonyl (C=O) groups is 2. The van der Waals surface area contributed by atoms with E-state index in [0.29, 0.717) is 19.3 Å². The van der Waals surface area contributed by atoms with Gasteiger partial charge < -0.3 is 45.1 Å². The summed E-state index contributed by atoms with van der Waals surface area (Å²) in [5.41, 5.74) is 0. The lowest BCUT2D eigenvalue weighted by atomic mass is 9.99. The van der Waals surface area contributed by atoms with Crippen LogP contribution in [0.15, 0.2) is 24.3 Å². The minimum Gasteiger partial charge on any atom is -0.454 e. The fourth-order valence-electron chi connectivity index (χ4n) is 12.0. The van der Waals surface area contributed by atoms with Gasteiger partial charge in [-0.15, -0.1) is 0 Å². The average Bonchev–Trinajstić information content (AvgIpc) is 3.60. The highest BCUT2D eigenvalue weighted by molar-refractivity contribution is 5.80. The molecule has 0 aromatic carbocycles. The van der Waals surface area contributed by atoms with Crippen molar-refractivity contribution in [3.05, 3.63) is 24.3 Å². The number of ether oxygens (including phenoxy) is 3. The van der Waals surface area contributed by atoms with Crippen molar-refractivity contribution in [1.82, 2.24) is 5.32 Å². The predicted octanol–water partition coefficient (Wildman–Crippen LogP) is 19.2. The van der Waals surface area contributed by atoms with Crippen molar-refractivity contribution in [1.29, 1.82) is 0 Å². The molecule has 6 N–H and O–H groups in total. The first-order valence-electron chi connectivity index (χ1n) is 37.1. The van der Waals surface area contributed by atoms with Crippen LogP contribution in [0.5, 0.6) is 0 Å². The largest absolute Gasteiger partial charge is 0.454 e. The van der Waals surface area contributed by atoms with Crippen molar-refractivity contribution in [3.63, 3.8) is 0 Å². The Morgan fingerprint density at radius 1 is 0.447 bits per heavy atom. The molecule has 1 aliphatic heterocycles. The third kappa shape index (κ3) is 49.6. The van der Waals surface area contributed by atoms with Gasteiger partial charge in [-0.25, -0.2) is 0 Å². The van der Waals surface area contributed by atoms with E-state index in [2.05, 4.69) is 38.2 Å². The molecule has 1 saturated heterocycles. The van der Waals surface area contributed by atoms with Crippen LogP contribution < -0.4 is 5.32 Å². The van der Waals surface area contributed by atoms with Gasteiger partial charge in [-0.1, -0.05) is 340 Å². The fraction of sp³-hybridized carbons (Fsp3) is 0.919. The molecule has 8 unspecified atom stereocenters. The minimum absolute atomic E-state index is 0.131. The molecule has 11 heteroatoms. The first-order valence-corrected chi connectivity index (χ1v) is 37.1. The third-order valence-electron chi connectivity index (χ3n) is 17.9. The van der Waals surface area contributed by atoms with E-state index in [0.717, 1.165) is 57.8 Å². The van der Waals surface area contributed by atoms with Gasteiger partial charge in [-0.3, -0.25) is 9.59 Å². The first-order chi connectivity index (χ1) is 41.7. The minimum atomic E-state index is -1.61. The topological polar surface area (TPSA) is 175 Å². The number of rotatable bonds is 65. The summed E-state index contributed by atoms with van der Waals surface area (Å²) in [7, 11) is 0. The van der Waals surface area contributed by atoms with Crippen LogP contribution in [0.25, 0.3) is 0 Å². The standard InChI is InChI=1S/C74H141NO10/c1-4-7-10-13-16-19-22-24-26-28-30-32-33-34-35-36-38-40-42-44-47-50-53-56-59-62-69(79)85-72-71(81)70(80)68(63-76)84-74(72)83-64-65(66(77)60-57-54-51-48-45-21-18-15-12-9-6-3)75-73(82)67(78)61-58-55-52-49-46-43-41-39-37-31-29-27-25-23-20-17-14-11-8-5-2/h25,27,57,60,65-68,70-72,74,76-78,80-81H,4-24,26,28-56,58-59,61-64H2,1-3H3,(H,75,82)/b27-25+,60-57+. The van der Waals surface area contributed by atoms with Crippen LogP contribution in [0.2, 0.25) is 0 Å². The predicted molar refractivity (Wildman–Crippen MR) is 357 cm³/mol. The van der Waals surface area contributed by atoms with Gasteiger partial charge in [-0.05, 0) is 51.4 Å². The molecule has 1 amide bonds. The molecule has 1 rings (SSSR count). The number of allylic oxidation sites excluding steroid dienone is 3. The molecule has 0 aromatic rings. The number of esters is 1. The van der Waals surface area contributed by atoms with Gasteiger partial charge in [0.15, 0.2) is 12.4 Å². The Labute approximate surface area is 524 Å². The van der Waals surface area contributed by atoms with E-state index < -0.39 is 67.4 Å². The smallest absolute Gasteiger partial charge is 0.306 e. The summed E-state index contributed by atoms with van der Waals surface area (Å²) in [6, 6.07) is -1.02. The summed E-state index contributed by atoms with van der Waals surface area (Å²) in [4.78, 5) is 26.7. The molecule has 0 aromatic heterocycles. The molecular weight excluding hydrogens is 1060 g/mol. The van der Waals surface area contributed by atoms with Gasteiger partial charge >= 0.3 is 5.97 Å². The maximum absolute atomic E-state index is 13.5. The molecule has 0 radical (unpaired) electrons. The zero-order valence-corrected chi connectivity index (χ0v) is 56.0. The molecule has 0 bridgehead atoms. The highest BCUT2D eigenvalue weighted by Gasteiger charge is 2.47. The zero-order valence-electron chi connectivity index (χ0n) is 56.0. The maximum Gasteiger partial charge on any atom is 0.306 e. The van der Waals surface area contributed by atoms with Gasteiger partial charge in [0.05, 0.1) is 25.4 Å². The fourth-order valence-corrected chi connectivity index (χ4v) is 12.0. The number of amides is 1. The van der Waals surface area contributed by atoms with Crippen LogP contribution in [0, 0.1) is 0 Å². The van der Waals surface area contributed by atoms with E-state index in [1.807, 2.05) is 6.08 Å². The second kappa shape index (κ2) is 62.3. The molecule has 0 spiro atoms. The highest BCUT2D eigenvalue weighted by atomic mass is 16.7. The lowest BCUT2D eigenvalue weighted by Crippen LogP contribution is -2.61. The second-order valence-corrected chi connectivity index (χ2v) is 26.0. The van der Waals surface area contributed by atoms with Gasteiger partial charge in [0.1, 0.15) is 24.4 Å². The molecule has 8 atom stereocenters. The maximum atomic E-state index is 13.5. The molecule has 0 saturated carbocycles. The van der Waals surface area contributed by atoms with Gasteiger partial charge in [0.2, 0.25) is 5.91 Å². The molecule has 85 heavy (non-hydrogen) atoms. The number of hydrogen-bond donors (Lipinski definition) is 6. The van der Waals surface area contributed by atoms with Gasteiger partial charge in [-0.2, -0.15) is 0 Å². The Bertz CT molecular complexity index is 1480. The van der Waals surface area contributed by atoms with Crippen molar-refractivity contribution in [2.24, 2.45) is 0 Å². The molecule has 1 fully saturated rings. The van der Waals surface area contributed by atoms with E-state index in [-0.39, 0.29) is 13.0 Å². The third-order valence-corrected chi connectivity index (χ3v) is 17.9. The van der Waals surface area contributed by atoms with Crippen LogP contribution >= 0.6 is 0 Å². The second-order valence-electron chi connectivity index (χ2n) is 26.0. The molecular formula is C74H141NO10. The Kier molecular flexibility index (Phi) is 59.5. The first kappa shape index (κ1) is 81.2. The van der Waals surface area contributed by atoms with E-state index in [1.54, 1.807) is 6.08 Å². The van der Waals surface area contributed by atoms with Crippen LogP contribution in [0.1, 0.15) is 374 Å². The summed E-state index contributed by atoms with van der Waals surface area (Å²) in [6.45, 7) is 5.85. The lowest BCUT2D eigenvalue weighted by Gasteiger charge is -2.41. The Morgan fingerprint density at radius 2 is 0.776 bits per heavy atom. The summed E-state index contributed by atoms with van der Waals surface area (Å²) in [5.74, 6) is -1.18. The van der Waals surface area contributed by atoms with Gasteiger partial charge in [0.25, 0.3) is 0 Å².